The molecule has 3 rings (SSSR count). The highest BCUT2D eigenvalue weighted by atomic mass is 79.9. The second-order valence-corrected chi connectivity index (χ2v) is 7.98. The van der Waals surface area contributed by atoms with Gasteiger partial charge in [0.25, 0.3) is 0 Å². The Kier molecular flexibility index (Phi) is 5.86. The maximum absolute atomic E-state index is 12.5. The number of hydrogen-bond acceptors (Lipinski definition) is 3. The van der Waals surface area contributed by atoms with Crippen molar-refractivity contribution in [1.82, 2.24) is 10.0 Å². The summed E-state index contributed by atoms with van der Waals surface area (Å²) in [5, 5.41) is 3.28. The number of halogens is 2. The molecular weight excluding hydrogens is 400 g/mol. The average Bonchev–Trinajstić information content (AvgIpc) is 2.95. The van der Waals surface area contributed by atoms with E-state index in [1.807, 2.05) is 12.1 Å². The number of sulfonamides is 1. The van der Waals surface area contributed by atoms with E-state index in [1.165, 1.54) is 11.1 Å². The van der Waals surface area contributed by atoms with Crippen LogP contribution in [0.4, 0.5) is 0 Å². The van der Waals surface area contributed by atoms with Crippen molar-refractivity contribution in [1.29, 1.82) is 0 Å². The molecule has 1 aliphatic heterocycles. The van der Waals surface area contributed by atoms with E-state index in [0.717, 1.165) is 23.1 Å². The van der Waals surface area contributed by atoms with Crippen molar-refractivity contribution in [3.05, 3.63) is 63.1 Å². The third kappa shape index (κ3) is 3.95. The Morgan fingerprint density at radius 2 is 1.91 bits per heavy atom. The number of rotatable bonds is 4. The summed E-state index contributed by atoms with van der Waals surface area (Å²) >= 11 is 3.37. The SMILES string of the molecule is Cc1c(Br)cccc1S(=O)(=O)NCc1ccc2c(c1)CNC2.Cl. The average molecular weight is 418 g/mol. The highest BCUT2D eigenvalue weighted by molar-refractivity contribution is 9.10. The monoisotopic (exact) mass is 416 g/mol. The Balaban J connectivity index is 0.00000192. The van der Waals surface area contributed by atoms with Crippen molar-refractivity contribution in [2.75, 3.05) is 0 Å². The van der Waals surface area contributed by atoms with Gasteiger partial charge >= 0.3 is 0 Å². The van der Waals surface area contributed by atoms with E-state index >= 15 is 0 Å². The molecule has 0 amide bonds. The number of benzene rings is 2. The van der Waals surface area contributed by atoms with Crippen LogP contribution in [-0.2, 0) is 29.7 Å². The van der Waals surface area contributed by atoms with E-state index in [9.17, 15) is 8.42 Å². The first-order valence-electron chi connectivity index (χ1n) is 7.03. The molecule has 0 spiro atoms. The first-order valence-corrected chi connectivity index (χ1v) is 9.31. The molecule has 0 atom stereocenters. The van der Waals surface area contributed by atoms with Crippen LogP contribution in [0.2, 0.25) is 0 Å². The summed E-state index contributed by atoms with van der Waals surface area (Å²) in [6, 6.07) is 11.3. The summed E-state index contributed by atoms with van der Waals surface area (Å²) in [6.45, 7) is 3.82. The first kappa shape index (κ1) is 18.4. The van der Waals surface area contributed by atoms with Gasteiger partial charge in [0.1, 0.15) is 0 Å². The van der Waals surface area contributed by atoms with Crippen LogP contribution in [-0.4, -0.2) is 8.42 Å². The normalized spacial score (nSPS) is 13.5. The number of fused-ring (bicyclic) bond motifs is 1. The predicted octanol–water partition coefficient (Wildman–Crippen LogP) is 3.26. The van der Waals surface area contributed by atoms with Crippen LogP contribution < -0.4 is 10.0 Å². The van der Waals surface area contributed by atoms with Crippen LogP contribution in [0.1, 0.15) is 22.3 Å². The lowest BCUT2D eigenvalue weighted by Gasteiger charge is -2.11. The second-order valence-electron chi connectivity index (χ2n) is 5.39. The smallest absolute Gasteiger partial charge is 0.241 e. The zero-order chi connectivity index (χ0) is 15.7. The minimum absolute atomic E-state index is 0. The fraction of sp³-hybridized carbons (Fsp3) is 0.250. The van der Waals surface area contributed by atoms with Crippen LogP contribution in [0.25, 0.3) is 0 Å². The summed E-state index contributed by atoms with van der Waals surface area (Å²) in [6.07, 6.45) is 0. The molecule has 23 heavy (non-hydrogen) atoms. The zero-order valence-corrected chi connectivity index (χ0v) is 15.8. The Bertz CT molecular complexity index is 825. The van der Waals surface area contributed by atoms with Crippen LogP contribution in [0.3, 0.4) is 0 Å². The van der Waals surface area contributed by atoms with Gasteiger partial charge in [-0.3, -0.25) is 0 Å². The lowest BCUT2D eigenvalue weighted by molar-refractivity contribution is 0.580. The van der Waals surface area contributed by atoms with Gasteiger partial charge in [0.2, 0.25) is 10.0 Å². The number of hydrogen-bond donors (Lipinski definition) is 2. The van der Waals surface area contributed by atoms with Crippen molar-refractivity contribution < 1.29 is 8.42 Å². The molecule has 7 heteroatoms. The quantitative estimate of drug-likeness (QED) is 0.803. The molecule has 4 nitrogen and oxygen atoms in total. The van der Waals surface area contributed by atoms with E-state index in [1.54, 1.807) is 19.1 Å². The topological polar surface area (TPSA) is 58.2 Å². The van der Waals surface area contributed by atoms with Gasteiger partial charge in [0.15, 0.2) is 0 Å². The molecule has 1 heterocycles. The van der Waals surface area contributed by atoms with E-state index in [2.05, 4.69) is 38.1 Å². The first-order chi connectivity index (χ1) is 10.5. The van der Waals surface area contributed by atoms with Crippen LogP contribution in [0, 0.1) is 6.92 Å². The third-order valence-electron chi connectivity index (χ3n) is 3.88. The summed E-state index contributed by atoms with van der Waals surface area (Å²) in [5.74, 6) is 0. The molecule has 0 aromatic heterocycles. The van der Waals surface area contributed by atoms with Gasteiger partial charge in [-0.2, -0.15) is 0 Å². The summed E-state index contributed by atoms with van der Waals surface area (Å²) in [4.78, 5) is 0.310. The molecular formula is C16H18BrClN2O2S. The molecule has 0 aliphatic carbocycles. The Morgan fingerprint density at radius 3 is 2.70 bits per heavy atom. The van der Waals surface area contributed by atoms with Crippen molar-refractivity contribution >= 4 is 38.4 Å². The molecule has 2 N–H and O–H groups in total. The third-order valence-corrected chi connectivity index (χ3v) is 6.28. The van der Waals surface area contributed by atoms with Crippen molar-refractivity contribution in [3.8, 4) is 0 Å². The van der Waals surface area contributed by atoms with Gasteiger partial charge in [-0.25, -0.2) is 13.1 Å². The molecule has 0 unspecified atom stereocenters. The lowest BCUT2D eigenvalue weighted by Crippen LogP contribution is -2.24. The van der Waals surface area contributed by atoms with Crippen molar-refractivity contribution in [2.45, 2.75) is 31.5 Å². The summed E-state index contributed by atoms with van der Waals surface area (Å²) < 4.78 is 28.4. The molecule has 0 radical (unpaired) electrons. The van der Waals surface area contributed by atoms with E-state index in [-0.39, 0.29) is 12.4 Å². The fourth-order valence-corrected chi connectivity index (χ4v) is 4.37. The van der Waals surface area contributed by atoms with Gasteiger partial charge < -0.3 is 5.32 Å². The van der Waals surface area contributed by atoms with Gasteiger partial charge in [-0.15, -0.1) is 12.4 Å². The molecule has 0 bridgehead atoms. The van der Waals surface area contributed by atoms with Gasteiger partial charge in [0, 0.05) is 24.1 Å². The van der Waals surface area contributed by atoms with Crippen LogP contribution in [0.5, 0.6) is 0 Å². The van der Waals surface area contributed by atoms with Gasteiger partial charge in [-0.05, 0) is 41.3 Å². The summed E-state index contributed by atoms with van der Waals surface area (Å²) in [7, 11) is -3.52. The van der Waals surface area contributed by atoms with E-state index in [4.69, 9.17) is 0 Å². The molecule has 2 aromatic carbocycles. The van der Waals surface area contributed by atoms with Crippen molar-refractivity contribution in [3.63, 3.8) is 0 Å². The van der Waals surface area contributed by atoms with E-state index < -0.39 is 10.0 Å². The van der Waals surface area contributed by atoms with Gasteiger partial charge in [-0.1, -0.05) is 40.2 Å². The summed E-state index contributed by atoms with van der Waals surface area (Å²) in [5.41, 5.74) is 4.22. The Morgan fingerprint density at radius 1 is 1.17 bits per heavy atom. The van der Waals surface area contributed by atoms with Crippen molar-refractivity contribution in [2.24, 2.45) is 0 Å². The molecule has 2 aromatic rings. The Labute approximate surface area is 151 Å². The van der Waals surface area contributed by atoms with Crippen LogP contribution >= 0.6 is 28.3 Å². The predicted molar refractivity (Wildman–Crippen MR) is 97.1 cm³/mol. The van der Waals surface area contributed by atoms with E-state index in [0.29, 0.717) is 17.0 Å². The molecule has 0 fully saturated rings. The Hall–Kier alpha value is -0.920. The minimum Gasteiger partial charge on any atom is -0.309 e. The molecule has 0 saturated carbocycles. The fourth-order valence-electron chi connectivity index (χ4n) is 2.59. The number of nitrogens with one attached hydrogen (secondary N) is 2. The standard InChI is InChI=1S/C16H17BrN2O2S.ClH/c1-11-15(17)3-2-4-16(11)22(20,21)19-8-12-5-6-13-9-18-10-14(13)7-12;/h2-7,18-19H,8-10H2,1H3;1H. The molecule has 124 valence electrons. The molecule has 0 saturated heterocycles. The molecule has 1 aliphatic rings. The maximum Gasteiger partial charge on any atom is 0.241 e. The largest absolute Gasteiger partial charge is 0.309 e. The van der Waals surface area contributed by atoms with Crippen LogP contribution in [0.15, 0.2) is 45.8 Å². The highest BCUT2D eigenvalue weighted by Gasteiger charge is 2.18. The van der Waals surface area contributed by atoms with Gasteiger partial charge in [0.05, 0.1) is 4.90 Å². The lowest BCUT2D eigenvalue weighted by atomic mass is 10.1. The minimum atomic E-state index is -3.52. The highest BCUT2D eigenvalue weighted by Crippen LogP contribution is 2.23. The second kappa shape index (κ2) is 7.32. The maximum atomic E-state index is 12.5. The zero-order valence-electron chi connectivity index (χ0n) is 12.6.